The minimum absolute atomic E-state index is 0.185. The van der Waals surface area contributed by atoms with Gasteiger partial charge in [-0.05, 0) is 48.5 Å². The molecule has 0 fully saturated rings. The summed E-state index contributed by atoms with van der Waals surface area (Å²) in [5, 5.41) is 10.4. The highest BCUT2D eigenvalue weighted by Crippen LogP contribution is 2.21. The van der Waals surface area contributed by atoms with Crippen LogP contribution < -0.4 is 4.74 Å². The Bertz CT molecular complexity index is 908. The molecule has 0 radical (unpaired) electrons. The molecule has 0 saturated carbocycles. The number of hydrogen-bond acceptors (Lipinski definition) is 4. The van der Waals surface area contributed by atoms with Gasteiger partial charge in [0.1, 0.15) is 11.3 Å². The van der Waals surface area contributed by atoms with Crippen LogP contribution in [0.3, 0.4) is 0 Å². The van der Waals surface area contributed by atoms with Gasteiger partial charge in [-0.15, -0.1) is 0 Å². The molecule has 3 rings (SSSR count). The first kappa shape index (κ1) is 16.9. The fraction of sp³-hybridized carbons (Fsp3) is 0.200. The van der Waals surface area contributed by atoms with Crippen LogP contribution in [0.25, 0.3) is 10.9 Å². The lowest BCUT2D eigenvalue weighted by Crippen LogP contribution is -2.17. The number of carbonyl (C=O) groups is 1. The van der Waals surface area contributed by atoms with E-state index >= 15 is 0 Å². The third kappa shape index (κ3) is 3.95. The molecule has 2 aromatic carbocycles. The average Bonchev–Trinajstić information content (AvgIpc) is 2.61. The maximum atomic E-state index is 11.3. The van der Waals surface area contributed by atoms with Crippen molar-refractivity contribution >= 4 is 16.9 Å². The van der Waals surface area contributed by atoms with Gasteiger partial charge in [0.2, 0.25) is 0 Å². The van der Waals surface area contributed by atoms with Crippen molar-refractivity contribution in [3.63, 3.8) is 0 Å². The summed E-state index contributed by atoms with van der Waals surface area (Å²) in [6.45, 7) is 1.41. The van der Waals surface area contributed by atoms with Gasteiger partial charge in [-0.25, -0.2) is 4.79 Å². The van der Waals surface area contributed by atoms with Crippen molar-refractivity contribution < 1.29 is 14.6 Å². The Kier molecular flexibility index (Phi) is 4.95. The number of fused-ring (bicyclic) bond motifs is 1. The van der Waals surface area contributed by atoms with Gasteiger partial charge >= 0.3 is 5.97 Å². The van der Waals surface area contributed by atoms with Crippen LogP contribution in [-0.4, -0.2) is 35.1 Å². The van der Waals surface area contributed by atoms with Crippen molar-refractivity contribution in [1.82, 2.24) is 9.88 Å². The summed E-state index contributed by atoms with van der Waals surface area (Å²) in [7, 11) is 3.49. The van der Waals surface area contributed by atoms with Crippen molar-refractivity contribution in [3.8, 4) is 5.75 Å². The molecule has 25 heavy (non-hydrogen) atoms. The number of benzene rings is 2. The number of nitrogens with zero attached hydrogens (tertiary/aromatic N) is 2. The highest BCUT2D eigenvalue weighted by molar-refractivity contribution is 5.91. The Labute approximate surface area is 146 Å². The predicted molar refractivity (Wildman–Crippen MR) is 96.9 cm³/mol. The van der Waals surface area contributed by atoms with Crippen LogP contribution in [0.15, 0.2) is 54.7 Å². The molecule has 0 saturated heterocycles. The Hall–Kier alpha value is -2.92. The highest BCUT2D eigenvalue weighted by atomic mass is 16.5. The summed E-state index contributed by atoms with van der Waals surface area (Å²) < 4.78 is 5.10. The molecule has 0 atom stereocenters. The fourth-order valence-electron chi connectivity index (χ4n) is 2.92. The smallest absolute Gasteiger partial charge is 0.339 e. The molecule has 128 valence electrons. The quantitative estimate of drug-likeness (QED) is 0.745. The van der Waals surface area contributed by atoms with E-state index in [0.29, 0.717) is 12.3 Å². The standard InChI is InChI=1S/C20H20N2O3/c1-22(12-14-5-7-18-16(10-14)4-3-9-21-18)13-15-6-8-19(25-2)17(11-15)20(23)24/h3-11H,12-13H2,1-2H3,(H,23,24). The van der Waals surface area contributed by atoms with E-state index in [1.807, 2.05) is 25.2 Å². The van der Waals surface area contributed by atoms with E-state index in [4.69, 9.17) is 4.74 Å². The zero-order valence-electron chi connectivity index (χ0n) is 14.3. The van der Waals surface area contributed by atoms with Gasteiger partial charge in [-0.1, -0.05) is 18.2 Å². The molecule has 5 nitrogen and oxygen atoms in total. The topological polar surface area (TPSA) is 62.7 Å². The number of aromatic nitrogens is 1. The molecule has 0 aliphatic rings. The lowest BCUT2D eigenvalue weighted by Gasteiger charge is -2.18. The first-order valence-corrected chi connectivity index (χ1v) is 7.99. The van der Waals surface area contributed by atoms with E-state index in [2.05, 4.69) is 28.1 Å². The molecule has 5 heteroatoms. The fourth-order valence-corrected chi connectivity index (χ4v) is 2.92. The van der Waals surface area contributed by atoms with E-state index in [0.717, 1.165) is 23.0 Å². The van der Waals surface area contributed by atoms with Crippen molar-refractivity contribution in [1.29, 1.82) is 0 Å². The number of rotatable bonds is 6. The van der Waals surface area contributed by atoms with Crippen molar-refractivity contribution in [3.05, 3.63) is 71.4 Å². The minimum Gasteiger partial charge on any atom is -0.496 e. The van der Waals surface area contributed by atoms with Crippen LogP contribution in [0.5, 0.6) is 5.75 Å². The highest BCUT2D eigenvalue weighted by Gasteiger charge is 2.12. The third-order valence-electron chi connectivity index (χ3n) is 4.07. The Balaban J connectivity index is 1.74. The first-order valence-electron chi connectivity index (χ1n) is 7.99. The molecule has 0 aliphatic carbocycles. The maximum absolute atomic E-state index is 11.3. The second-order valence-electron chi connectivity index (χ2n) is 6.04. The zero-order chi connectivity index (χ0) is 17.8. The Morgan fingerprint density at radius 2 is 1.84 bits per heavy atom. The number of hydrogen-bond donors (Lipinski definition) is 1. The van der Waals surface area contributed by atoms with Gasteiger partial charge in [0.25, 0.3) is 0 Å². The monoisotopic (exact) mass is 336 g/mol. The van der Waals surface area contributed by atoms with Crippen LogP contribution in [0.1, 0.15) is 21.5 Å². The predicted octanol–water partition coefficient (Wildman–Crippen LogP) is 3.57. The number of aromatic carboxylic acids is 1. The summed E-state index contributed by atoms with van der Waals surface area (Å²) in [5.74, 6) is -0.607. The normalized spacial score (nSPS) is 11.0. The second-order valence-corrected chi connectivity index (χ2v) is 6.04. The maximum Gasteiger partial charge on any atom is 0.339 e. The van der Waals surface area contributed by atoms with Crippen molar-refractivity contribution in [2.75, 3.05) is 14.2 Å². The molecule has 3 aromatic rings. The largest absolute Gasteiger partial charge is 0.496 e. The zero-order valence-corrected chi connectivity index (χ0v) is 14.3. The van der Waals surface area contributed by atoms with Gasteiger partial charge in [0.15, 0.2) is 0 Å². The van der Waals surface area contributed by atoms with Crippen LogP contribution in [0.4, 0.5) is 0 Å². The van der Waals surface area contributed by atoms with Crippen LogP contribution in [0, 0.1) is 0 Å². The molecular formula is C20H20N2O3. The number of methoxy groups -OCH3 is 1. The molecule has 0 unspecified atom stereocenters. The lowest BCUT2D eigenvalue weighted by atomic mass is 10.1. The van der Waals surface area contributed by atoms with Gasteiger partial charge in [0.05, 0.1) is 12.6 Å². The molecule has 0 amide bonds. The molecular weight excluding hydrogens is 316 g/mol. The molecule has 1 N–H and O–H groups in total. The summed E-state index contributed by atoms with van der Waals surface area (Å²) in [6, 6.07) is 15.5. The Morgan fingerprint density at radius 1 is 1.12 bits per heavy atom. The molecule has 0 spiro atoms. The van der Waals surface area contributed by atoms with Crippen molar-refractivity contribution in [2.45, 2.75) is 13.1 Å². The molecule has 1 aromatic heterocycles. The van der Waals surface area contributed by atoms with Gasteiger partial charge in [0, 0.05) is 24.7 Å². The van der Waals surface area contributed by atoms with Crippen LogP contribution in [-0.2, 0) is 13.1 Å². The number of carboxylic acid groups (broad SMARTS) is 1. The van der Waals surface area contributed by atoms with E-state index in [9.17, 15) is 9.90 Å². The number of carboxylic acids is 1. The molecule has 0 bridgehead atoms. The SMILES string of the molecule is COc1ccc(CN(C)Cc2ccc3ncccc3c2)cc1C(=O)O. The molecule has 1 heterocycles. The molecule has 0 aliphatic heterocycles. The van der Waals surface area contributed by atoms with E-state index in [-0.39, 0.29) is 5.56 Å². The van der Waals surface area contributed by atoms with E-state index in [1.165, 1.54) is 12.7 Å². The number of pyridine rings is 1. The van der Waals surface area contributed by atoms with Gasteiger partial charge in [-0.2, -0.15) is 0 Å². The van der Waals surface area contributed by atoms with E-state index < -0.39 is 5.97 Å². The van der Waals surface area contributed by atoms with E-state index in [1.54, 1.807) is 18.3 Å². The second kappa shape index (κ2) is 7.32. The summed E-state index contributed by atoms with van der Waals surface area (Å²) in [5.41, 5.74) is 3.29. The summed E-state index contributed by atoms with van der Waals surface area (Å²) in [4.78, 5) is 17.8. The average molecular weight is 336 g/mol. The summed E-state index contributed by atoms with van der Waals surface area (Å²) >= 11 is 0. The third-order valence-corrected chi connectivity index (χ3v) is 4.07. The number of ether oxygens (including phenoxy) is 1. The van der Waals surface area contributed by atoms with Crippen LogP contribution in [0.2, 0.25) is 0 Å². The minimum atomic E-state index is -0.983. The lowest BCUT2D eigenvalue weighted by molar-refractivity contribution is 0.0693. The first-order chi connectivity index (χ1) is 12.1. The van der Waals surface area contributed by atoms with Gasteiger partial charge in [-0.3, -0.25) is 9.88 Å². The van der Waals surface area contributed by atoms with Gasteiger partial charge < -0.3 is 9.84 Å². The Morgan fingerprint density at radius 3 is 2.56 bits per heavy atom. The summed E-state index contributed by atoms with van der Waals surface area (Å²) in [6.07, 6.45) is 1.79. The van der Waals surface area contributed by atoms with Crippen molar-refractivity contribution in [2.24, 2.45) is 0 Å². The van der Waals surface area contributed by atoms with Crippen LogP contribution >= 0.6 is 0 Å².